The molecule has 0 aliphatic heterocycles. The number of benzene rings is 2. The van der Waals surface area contributed by atoms with Crippen LogP contribution in [0.4, 0.5) is 5.69 Å². The predicted octanol–water partition coefficient (Wildman–Crippen LogP) is 5.34. The normalized spacial score (nSPS) is 11.0. The first-order valence-corrected chi connectivity index (χ1v) is 8.83. The number of carbonyl (C=O) groups is 1. The summed E-state index contributed by atoms with van der Waals surface area (Å²) in [6, 6.07) is 11.1. The number of ether oxygens (including phenoxy) is 2. The van der Waals surface area contributed by atoms with E-state index in [1.54, 1.807) is 25.3 Å². The molecule has 26 heavy (non-hydrogen) atoms. The average Bonchev–Trinajstić information content (AvgIpc) is 2.60. The molecule has 138 valence electrons. The van der Waals surface area contributed by atoms with Crippen molar-refractivity contribution >= 4 is 29.3 Å². The Bertz CT molecular complexity index is 783. The average molecular weight is 374 g/mol. The molecular weight excluding hydrogens is 350 g/mol. The highest BCUT2D eigenvalue weighted by Gasteiger charge is 2.12. The Morgan fingerprint density at radius 2 is 1.92 bits per heavy atom. The van der Waals surface area contributed by atoms with Crippen molar-refractivity contribution in [2.45, 2.75) is 20.8 Å². The molecule has 0 aliphatic rings. The van der Waals surface area contributed by atoms with Gasteiger partial charge in [0.05, 0.1) is 18.7 Å². The molecule has 5 heteroatoms. The summed E-state index contributed by atoms with van der Waals surface area (Å²) in [6.07, 6.45) is 3.14. The topological polar surface area (TPSA) is 47.6 Å². The van der Waals surface area contributed by atoms with Crippen LogP contribution in [0.15, 0.2) is 42.5 Å². The molecular formula is C21H24ClNO3. The Hall–Kier alpha value is -2.46. The summed E-state index contributed by atoms with van der Waals surface area (Å²) in [7, 11) is 1.56. The van der Waals surface area contributed by atoms with Crippen LogP contribution in [-0.4, -0.2) is 19.6 Å². The fourth-order valence-electron chi connectivity index (χ4n) is 2.22. The van der Waals surface area contributed by atoms with E-state index in [1.807, 2.05) is 31.2 Å². The fourth-order valence-corrected chi connectivity index (χ4v) is 2.49. The largest absolute Gasteiger partial charge is 0.493 e. The van der Waals surface area contributed by atoms with Gasteiger partial charge in [0.25, 0.3) is 0 Å². The molecule has 0 saturated heterocycles. The maximum atomic E-state index is 12.1. The smallest absolute Gasteiger partial charge is 0.248 e. The van der Waals surface area contributed by atoms with E-state index in [1.165, 1.54) is 6.08 Å². The highest BCUT2D eigenvalue weighted by Crippen LogP contribution is 2.37. The number of anilines is 1. The van der Waals surface area contributed by atoms with Crippen LogP contribution in [0.5, 0.6) is 11.5 Å². The number of carbonyl (C=O) groups excluding carboxylic acids is 1. The molecule has 2 rings (SSSR count). The fraction of sp³-hybridized carbons (Fsp3) is 0.286. The molecule has 0 aromatic heterocycles. The van der Waals surface area contributed by atoms with Crippen LogP contribution in [0.1, 0.15) is 25.0 Å². The SMILES string of the molecule is COc1cc(C=CC(=O)Nc2ccc(C)cc2)cc(Cl)c1OCC(C)C. The van der Waals surface area contributed by atoms with Gasteiger partial charge in [0.2, 0.25) is 5.91 Å². The van der Waals surface area contributed by atoms with Gasteiger partial charge in [-0.25, -0.2) is 0 Å². The van der Waals surface area contributed by atoms with Crippen LogP contribution in [0.25, 0.3) is 6.08 Å². The molecule has 0 atom stereocenters. The number of rotatable bonds is 7. The third-order valence-corrected chi connectivity index (χ3v) is 3.84. The van der Waals surface area contributed by atoms with Gasteiger partial charge >= 0.3 is 0 Å². The standard InChI is InChI=1S/C21H24ClNO3/c1-14(2)13-26-21-18(22)11-16(12-19(21)25-4)7-10-20(24)23-17-8-5-15(3)6-9-17/h5-12,14H,13H2,1-4H3,(H,23,24). The summed E-state index contributed by atoms with van der Waals surface area (Å²) >= 11 is 6.32. The van der Waals surface area contributed by atoms with E-state index in [2.05, 4.69) is 19.2 Å². The Labute approximate surface area is 159 Å². The quantitative estimate of drug-likeness (QED) is 0.666. The summed E-state index contributed by atoms with van der Waals surface area (Å²) in [5, 5.41) is 3.26. The van der Waals surface area contributed by atoms with Crippen molar-refractivity contribution in [1.82, 2.24) is 0 Å². The van der Waals surface area contributed by atoms with Crippen LogP contribution >= 0.6 is 11.6 Å². The second kappa shape index (κ2) is 9.30. The van der Waals surface area contributed by atoms with Gasteiger partial charge in [0.15, 0.2) is 11.5 Å². The number of amides is 1. The van der Waals surface area contributed by atoms with Crippen molar-refractivity contribution in [3.63, 3.8) is 0 Å². The Balaban J connectivity index is 2.10. The first-order chi connectivity index (χ1) is 12.4. The molecule has 4 nitrogen and oxygen atoms in total. The zero-order valence-electron chi connectivity index (χ0n) is 15.5. The molecule has 1 N–H and O–H groups in total. The van der Waals surface area contributed by atoms with Crippen molar-refractivity contribution in [2.24, 2.45) is 5.92 Å². The number of nitrogens with one attached hydrogen (secondary N) is 1. The van der Waals surface area contributed by atoms with Gasteiger partial charge < -0.3 is 14.8 Å². The first-order valence-electron chi connectivity index (χ1n) is 8.45. The molecule has 2 aromatic carbocycles. The minimum atomic E-state index is -0.218. The molecule has 0 fully saturated rings. The van der Waals surface area contributed by atoms with E-state index in [4.69, 9.17) is 21.1 Å². The predicted molar refractivity (Wildman–Crippen MR) is 107 cm³/mol. The Kier molecular flexibility index (Phi) is 7.10. The van der Waals surface area contributed by atoms with Crippen molar-refractivity contribution < 1.29 is 14.3 Å². The van der Waals surface area contributed by atoms with Gasteiger partial charge in [-0.3, -0.25) is 4.79 Å². The lowest BCUT2D eigenvalue weighted by atomic mass is 10.1. The molecule has 0 aliphatic carbocycles. The molecule has 0 saturated carbocycles. The van der Waals surface area contributed by atoms with Gasteiger partial charge in [0, 0.05) is 11.8 Å². The molecule has 0 bridgehead atoms. The minimum Gasteiger partial charge on any atom is -0.493 e. The van der Waals surface area contributed by atoms with Gasteiger partial charge in [0.1, 0.15) is 0 Å². The molecule has 0 spiro atoms. The number of aryl methyl sites for hydroxylation is 1. The second-order valence-electron chi connectivity index (χ2n) is 6.43. The van der Waals surface area contributed by atoms with Crippen LogP contribution in [0.2, 0.25) is 5.02 Å². The van der Waals surface area contributed by atoms with E-state index in [0.717, 1.165) is 16.8 Å². The van der Waals surface area contributed by atoms with Gasteiger partial charge in [-0.15, -0.1) is 0 Å². The number of halogens is 1. The zero-order valence-corrected chi connectivity index (χ0v) is 16.3. The van der Waals surface area contributed by atoms with Crippen molar-refractivity contribution in [1.29, 1.82) is 0 Å². The van der Waals surface area contributed by atoms with E-state index in [9.17, 15) is 4.79 Å². The Morgan fingerprint density at radius 3 is 2.54 bits per heavy atom. The van der Waals surface area contributed by atoms with E-state index >= 15 is 0 Å². The molecule has 0 radical (unpaired) electrons. The number of methoxy groups -OCH3 is 1. The van der Waals surface area contributed by atoms with Crippen LogP contribution in [0, 0.1) is 12.8 Å². The third-order valence-electron chi connectivity index (χ3n) is 3.56. The minimum absolute atomic E-state index is 0.218. The highest BCUT2D eigenvalue weighted by atomic mass is 35.5. The highest BCUT2D eigenvalue weighted by molar-refractivity contribution is 6.32. The van der Waals surface area contributed by atoms with E-state index in [-0.39, 0.29) is 5.91 Å². The second-order valence-corrected chi connectivity index (χ2v) is 6.83. The first kappa shape index (κ1) is 19.9. The molecule has 0 unspecified atom stereocenters. The van der Waals surface area contributed by atoms with E-state index in [0.29, 0.717) is 29.0 Å². The van der Waals surface area contributed by atoms with Crippen molar-refractivity contribution in [3.05, 3.63) is 58.6 Å². The molecule has 2 aromatic rings. The van der Waals surface area contributed by atoms with Crippen molar-refractivity contribution in [2.75, 3.05) is 19.0 Å². The lowest BCUT2D eigenvalue weighted by molar-refractivity contribution is -0.111. The van der Waals surface area contributed by atoms with Gasteiger partial charge in [-0.05, 0) is 48.7 Å². The van der Waals surface area contributed by atoms with Crippen molar-refractivity contribution in [3.8, 4) is 11.5 Å². The molecule has 0 heterocycles. The lowest BCUT2D eigenvalue weighted by Crippen LogP contribution is -2.07. The van der Waals surface area contributed by atoms with E-state index < -0.39 is 0 Å². The van der Waals surface area contributed by atoms with Crippen LogP contribution in [-0.2, 0) is 4.79 Å². The summed E-state index contributed by atoms with van der Waals surface area (Å²) in [5.74, 6) is 1.21. The number of hydrogen-bond acceptors (Lipinski definition) is 3. The molecule has 1 amide bonds. The monoisotopic (exact) mass is 373 g/mol. The summed E-state index contributed by atoms with van der Waals surface area (Å²) in [6.45, 7) is 6.66. The van der Waals surface area contributed by atoms with Gasteiger partial charge in [-0.1, -0.05) is 43.1 Å². The maximum absolute atomic E-state index is 12.1. The summed E-state index contributed by atoms with van der Waals surface area (Å²) in [4.78, 5) is 12.1. The zero-order chi connectivity index (χ0) is 19.1. The maximum Gasteiger partial charge on any atom is 0.248 e. The lowest BCUT2D eigenvalue weighted by Gasteiger charge is -2.14. The number of hydrogen-bond donors (Lipinski definition) is 1. The third kappa shape index (κ3) is 5.81. The summed E-state index contributed by atoms with van der Waals surface area (Å²) in [5.41, 5.74) is 2.64. The van der Waals surface area contributed by atoms with Crippen LogP contribution < -0.4 is 14.8 Å². The van der Waals surface area contributed by atoms with Gasteiger partial charge in [-0.2, -0.15) is 0 Å². The van der Waals surface area contributed by atoms with Crippen LogP contribution in [0.3, 0.4) is 0 Å². The Morgan fingerprint density at radius 1 is 1.23 bits per heavy atom. The summed E-state index contributed by atoms with van der Waals surface area (Å²) < 4.78 is 11.1.